The number of imidazole rings is 1. The van der Waals surface area contributed by atoms with Crippen molar-refractivity contribution in [2.24, 2.45) is 5.14 Å². The van der Waals surface area contributed by atoms with Crippen LogP contribution in [-0.4, -0.2) is 17.8 Å². The zero-order valence-electron chi connectivity index (χ0n) is 8.21. The summed E-state index contributed by atoms with van der Waals surface area (Å²) in [5.74, 6) is -0.228. The lowest BCUT2D eigenvalue weighted by Crippen LogP contribution is -2.14. The Labute approximate surface area is 87.6 Å². The van der Waals surface area contributed by atoms with E-state index in [0.717, 1.165) is 11.2 Å². The van der Waals surface area contributed by atoms with Gasteiger partial charge in [0.15, 0.2) is 0 Å². The fraction of sp³-hybridized carbons (Fsp3) is 0.222. The normalized spacial score (nSPS) is 12.1. The van der Waals surface area contributed by atoms with E-state index in [-0.39, 0.29) is 5.75 Å². The molecular weight excluding hydrogens is 214 g/mol. The van der Waals surface area contributed by atoms with E-state index in [1.165, 1.54) is 0 Å². The maximum absolute atomic E-state index is 10.9. The van der Waals surface area contributed by atoms with E-state index in [1.54, 1.807) is 10.6 Å². The number of hydrogen-bond donors (Lipinski definition) is 1. The predicted octanol–water partition coefficient (Wildman–Crippen LogP) is 0.431. The van der Waals surface area contributed by atoms with Crippen LogP contribution in [0.4, 0.5) is 0 Å². The second kappa shape index (κ2) is 3.32. The van der Waals surface area contributed by atoms with Gasteiger partial charge in [0, 0.05) is 12.4 Å². The number of nitrogens with two attached hydrogens (primary N) is 1. The Bertz CT molecular complexity index is 601. The van der Waals surface area contributed by atoms with Crippen molar-refractivity contribution in [3.63, 3.8) is 0 Å². The summed E-state index contributed by atoms with van der Waals surface area (Å²) in [6.07, 6.45) is 3.49. The molecule has 5 nitrogen and oxygen atoms in total. The van der Waals surface area contributed by atoms with Gasteiger partial charge in [-0.05, 0) is 18.6 Å². The molecule has 0 spiro atoms. The lowest BCUT2D eigenvalue weighted by molar-refractivity contribution is 0.596. The lowest BCUT2D eigenvalue weighted by atomic mass is 10.3. The third-order valence-electron chi connectivity index (χ3n) is 2.08. The van der Waals surface area contributed by atoms with E-state index in [4.69, 9.17) is 5.14 Å². The van der Waals surface area contributed by atoms with Crippen LogP contribution in [0.5, 0.6) is 0 Å². The molecule has 0 aromatic carbocycles. The second-order valence-electron chi connectivity index (χ2n) is 3.46. The molecule has 80 valence electrons. The quantitative estimate of drug-likeness (QED) is 0.805. The number of rotatable bonds is 2. The van der Waals surface area contributed by atoms with Crippen LogP contribution in [0.15, 0.2) is 24.5 Å². The Kier molecular flexibility index (Phi) is 2.24. The summed E-state index contributed by atoms with van der Waals surface area (Å²) in [5, 5.41) is 4.95. The Hall–Kier alpha value is -1.40. The van der Waals surface area contributed by atoms with Gasteiger partial charge in [-0.2, -0.15) is 0 Å². The highest BCUT2D eigenvalue weighted by Crippen LogP contribution is 2.10. The molecule has 2 rings (SSSR count). The molecule has 15 heavy (non-hydrogen) atoms. The number of pyridine rings is 1. The van der Waals surface area contributed by atoms with Crippen molar-refractivity contribution in [1.82, 2.24) is 9.38 Å². The molecule has 0 saturated carbocycles. The molecule has 0 fully saturated rings. The highest BCUT2D eigenvalue weighted by molar-refractivity contribution is 7.88. The zero-order chi connectivity index (χ0) is 11.1. The number of nitrogens with zero attached hydrogens (tertiary/aromatic N) is 2. The SMILES string of the molecule is Cc1cccn2cc(CS(N)(=O)=O)nc12. The van der Waals surface area contributed by atoms with Crippen LogP contribution in [0.3, 0.4) is 0 Å². The van der Waals surface area contributed by atoms with Crippen LogP contribution < -0.4 is 5.14 Å². The topological polar surface area (TPSA) is 77.5 Å². The smallest absolute Gasteiger partial charge is 0.214 e. The first-order valence-electron chi connectivity index (χ1n) is 4.39. The monoisotopic (exact) mass is 225 g/mol. The van der Waals surface area contributed by atoms with Crippen molar-refractivity contribution in [3.05, 3.63) is 35.8 Å². The molecule has 2 aromatic heterocycles. The highest BCUT2D eigenvalue weighted by Gasteiger charge is 2.09. The molecule has 0 amide bonds. The van der Waals surface area contributed by atoms with Crippen LogP contribution >= 0.6 is 0 Å². The van der Waals surface area contributed by atoms with E-state index in [9.17, 15) is 8.42 Å². The third kappa shape index (κ3) is 2.16. The van der Waals surface area contributed by atoms with Gasteiger partial charge in [-0.3, -0.25) is 0 Å². The van der Waals surface area contributed by atoms with Gasteiger partial charge in [0.2, 0.25) is 10.0 Å². The standard InChI is InChI=1S/C9H11N3O2S/c1-7-3-2-4-12-5-8(11-9(7)12)6-15(10,13)14/h2-5H,6H2,1H3,(H2,10,13,14). The van der Waals surface area contributed by atoms with Gasteiger partial charge in [-0.25, -0.2) is 18.5 Å². The first-order valence-corrected chi connectivity index (χ1v) is 6.11. The number of sulfonamides is 1. The molecule has 2 N–H and O–H groups in total. The molecule has 0 bridgehead atoms. The van der Waals surface area contributed by atoms with Gasteiger partial charge in [-0.15, -0.1) is 0 Å². The lowest BCUT2D eigenvalue weighted by Gasteiger charge is -1.94. The van der Waals surface area contributed by atoms with Crippen molar-refractivity contribution in [1.29, 1.82) is 0 Å². The Balaban J connectivity index is 2.53. The van der Waals surface area contributed by atoms with Crippen LogP contribution in [0, 0.1) is 6.92 Å². The Morgan fingerprint density at radius 1 is 1.53 bits per heavy atom. The van der Waals surface area contributed by atoms with Crippen LogP contribution in [0.1, 0.15) is 11.3 Å². The molecule has 0 aliphatic heterocycles. The van der Waals surface area contributed by atoms with Gasteiger partial charge < -0.3 is 4.40 Å². The Morgan fingerprint density at radius 3 is 2.87 bits per heavy atom. The molecule has 0 aliphatic carbocycles. The van der Waals surface area contributed by atoms with Gasteiger partial charge in [0.1, 0.15) is 11.4 Å². The maximum atomic E-state index is 10.9. The van der Waals surface area contributed by atoms with Crippen LogP contribution in [0.2, 0.25) is 0 Å². The number of aromatic nitrogens is 2. The predicted molar refractivity (Wildman–Crippen MR) is 56.7 cm³/mol. The van der Waals surface area contributed by atoms with E-state index in [2.05, 4.69) is 4.98 Å². The first-order chi connectivity index (χ1) is 6.96. The van der Waals surface area contributed by atoms with Crippen molar-refractivity contribution in [2.75, 3.05) is 0 Å². The number of aryl methyl sites for hydroxylation is 1. The number of fused-ring (bicyclic) bond motifs is 1. The van der Waals surface area contributed by atoms with Gasteiger partial charge in [0.05, 0.1) is 5.69 Å². The van der Waals surface area contributed by atoms with Crippen molar-refractivity contribution in [2.45, 2.75) is 12.7 Å². The largest absolute Gasteiger partial charge is 0.307 e. The van der Waals surface area contributed by atoms with Crippen molar-refractivity contribution in [3.8, 4) is 0 Å². The van der Waals surface area contributed by atoms with Crippen LogP contribution in [0.25, 0.3) is 5.65 Å². The van der Waals surface area contributed by atoms with E-state index < -0.39 is 10.0 Å². The molecule has 0 aliphatic rings. The highest BCUT2D eigenvalue weighted by atomic mass is 32.2. The maximum Gasteiger partial charge on any atom is 0.214 e. The second-order valence-corrected chi connectivity index (χ2v) is 5.08. The van der Waals surface area contributed by atoms with Gasteiger partial charge in [0.25, 0.3) is 0 Å². The molecule has 2 heterocycles. The summed E-state index contributed by atoms with van der Waals surface area (Å²) < 4.78 is 23.6. The van der Waals surface area contributed by atoms with Gasteiger partial charge in [-0.1, -0.05) is 6.07 Å². The molecule has 0 unspecified atom stereocenters. The minimum atomic E-state index is -3.51. The zero-order valence-corrected chi connectivity index (χ0v) is 9.03. The number of primary sulfonamides is 1. The molecule has 6 heteroatoms. The summed E-state index contributed by atoms with van der Waals surface area (Å²) in [5.41, 5.74) is 2.22. The number of hydrogen-bond acceptors (Lipinski definition) is 3. The fourth-order valence-corrected chi connectivity index (χ4v) is 2.03. The molecular formula is C9H11N3O2S. The van der Waals surface area contributed by atoms with Crippen molar-refractivity contribution >= 4 is 15.7 Å². The van der Waals surface area contributed by atoms with E-state index in [1.807, 2.05) is 25.3 Å². The minimum absolute atomic E-state index is 0.228. The van der Waals surface area contributed by atoms with Gasteiger partial charge >= 0.3 is 0 Å². The summed E-state index contributed by atoms with van der Waals surface area (Å²) in [6, 6.07) is 3.80. The summed E-state index contributed by atoms with van der Waals surface area (Å²) in [4.78, 5) is 4.20. The fourth-order valence-electron chi connectivity index (χ4n) is 1.48. The average Bonchev–Trinajstić information content (AvgIpc) is 2.45. The van der Waals surface area contributed by atoms with E-state index in [0.29, 0.717) is 5.69 Å². The summed E-state index contributed by atoms with van der Waals surface area (Å²) in [6.45, 7) is 1.92. The van der Waals surface area contributed by atoms with E-state index >= 15 is 0 Å². The average molecular weight is 225 g/mol. The molecule has 0 saturated heterocycles. The third-order valence-corrected chi connectivity index (χ3v) is 2.77. The minimum Gasteiger partial charge on any atom is -0.307 e. The molecule has 0 atom stereocenters. The van der Waals surface area contributed by atoms with Crippen LogP contribution in [-0.2, 0) is 15.8 Å². The molecule has 2 aromatic rings. The summed E-state index contributed by atoms with van der Waals surface area (Å²) >= 11 is 0. The van der Waals surface area contributed by atoms with Crippen molar-refractivity contribution < 1.29 is 8.42 Å². The molecule has 0 radical (unpaired) electrons. The first kappa shape index (κ1) is 10.1. The Morgan fingerprint density at radius 2 is 2.27 bits per heavy atom. The summed E-state index contributed by atoms with van der Waals surface area (Å²) in [7, 11) is -3.51.